The monoisotopic (exact) mass is 554 g/mol. The lowest BCUT2D eigenvalue weighted by Crippen LogP contribution is -2.31. The number of aromatic nitrogens is 2. The number of furan rings is 1. The molecule has 0 aliphatic carbocycles. The second kappa shape index (κ2) is 10.2. The first kappa shape index (κ1) is 24.7. The van der Waals surface area contributed by atoms with Gasteiger partial charge in [-0.3, -0.25) is 24.6 Å². The van der Waals surface area contributed by atoms with Crippen LogP contribution in [0.3, 0.4) is 0 Å². The van der Waals surface area contributed by atoms with Gasteiger partial charge >= 0.3 is 0 Å². The summed E-state index contributed by atoms with van der Waals surface area (Å²) in [5.74, 6) is -1.78. The molecule has 0 saturated carbocycles. The third kappa shape index (κ3) is 4.86. The zero-order valence-corrected chi connectivity index (χ0v) is 21.0. The number of thioether (sulfide) groups is 1. The maximum atomic E-state index is 13.2. The van der Waals surface area contributed by atoms with Gasteiger partial charge in [-0.25, -0.2) is 0 Å². The molecule has 0 spiro atoms. The van der Waals surface area contributed by atoms with Crippen molar-refractivity contribution >= 4 is 57.2 Å². The molecule has 0 bridgehead atoms. The van der Waals surface area contributed by atoms with Crippen LogP contribution in [-0.4, -0.2) is 31.9 Å². The molecule has 0 radical (unpaired) electrons. The summed E-state index contributed by atoms with van der Waals surface area (Å²) in [6.45, 7) is 0. The number of aliphatic hydroxyl groups excluding tert-OH is 1. The topological polar surface area (TPSA) is 140 Å². The fourth-order valence-corrected chi connectivity index (χ4v) is 5.70. The van der Waals surface area contributed by atoms with E-state index in [-0.39, 0.29) is 22.2 Å². The summed E-state index contributed by atoms with van der Waals surface area (Å²) in [6.07, 6.45) is 1.30. The summed E-state index contributed by atoms with van der Waals surface area (Å²) >= 11 is 8.45. The molecule has 10 nitrogen and oxygen atoms in total. The van der Waals surface area contributed by atoms with E-state index in [1.807, 2.05) is 12.1 Å². The van der Waals surface area contributed by atoms with Crippen molar-refractivity contribution in [1.82, 2.24) is 10.2 Å². The van der Waals surface area contributed by atoms with Gasteiger partial charge in [0.2, 0.25) is 10.9 Å². The minimum atomic E-state index is -1.10. The molecule has 1 aliphatic rings. The molecule has 1 amide bonds. The highest BCUT2D eigenvalue weighted by Crippen LogP contribution is 2.44. The van der Waals surface area contributed by atoms with Crippen molar-refractivity contribution in [2.45, 2.75) is 16.1 Å². The number of nitro groups is 1. The Labute approximate surface area is 222 Å². The maximum Gasteiger partial charge on any atom is 0.296 e. The minimum Gasteiger partial charge on any atom is -0.503 e. The Morgan fingerprint density at radius 1 is 1.16 bits per heavy atom. The van der Waals surface area contributed by atoms with E-state index < -0.39 is 28.4 Å². The van der Waals surface area contributed by atoms with E-state index >= 15 is 0 Å². The third-order valence-electron chi connectivity index (χ3n) is 5.49. The van der Waals surface area contributed by atoms with E-state index in [1.165, 1.54) is 54.4 Å². The molecular formula is C24H15ClN4O6S2. The van der Waals surface area contributed by atoms with Gasteiger partial charge in [-0.05, 0) is 47.5 Å². The highest BCUT2D eigenvalue weighted by molar-refractivity contribution is 8.00. The Bertz CT molecular complexity index is 1520. The SMILES string of the molecule is O=C(C1=C(O)C(=O)N(c2nnc(SCc3ccc(Cl)cc3)s2)C1c1ccc([N+](=O)[O-])cc1)c1ccco1. The van der Waals surface area contributed by atoms with Crippen molar-refractivity contribution < 1.29 is 24.0 Å². The van der Waals surface area contributed by atoms with E-state index in [9.17, 15) is 24.8 Å². The second-order valence-electron chi connectivity index (χ2n) is 7.76. The number of rotatable bonds is 8. The summed E-state index contributed by atoms with van der Waals surface area (Å²) in [6, 6.07) is 14.5. The molecule has 13 heteroatoms. The predicted octanol–water partition coefficient (Wildman–Crippen LogP) is 5.77. The number of Topliss-reactive ketones (excluding diaryl/α,β-unsaturated/α-hetero) is 1. The zero-order valence-electron chi connectivity index (χ0n) is 18.6. The summed E-state index contributed by atoms with van der Waals surface area (Å²) in [5, 5.41) is 31.0. The summed E-state index contributed by atoms with van der Waals surface area (Å²) in [7, 11) is 0. The Kier molecular flexibility index (Phi) is 6.78. The van der Waals surface area contributed by atoms with Crippen molar-refractivity contribution in [2.75, 3.05) is 4.90 Å². The third-order valence-corrected chi connectivity index (χ3v) is 7.87. The second-order valence-corrected chi connectivity index (χ2v) is 10.4. The standard InChI is InChI=1S/C24H15ClN4O6S2/c25-15-7-3-13(4-8-15)12-36-24-27-26-23(37-24)28-19(14-5-9-16(10-6-14)29(33)34)18(21(31)22(28)32)20(30)17-2-1-11-35-17/h1-11,19,31H,12H2. The van der Waals surface area contributed by atoms with E-state index in [1.54, 1.807) is 12.1 Å². The lowest BCUT2D eigenvalue weighted by Gasteiger charge is -2.23. The molecule has 37 heavy (non-hydrogen) atoms. The van der Waals surface area contributed by atoms with E-state index in [0.717, 1.165) is 21.8 Å². The normalized spacial score (nSPS) is 15.4. The lowest BCUT2D eigenvalue weighted by molar-refractivity contribution is -0.384. The molecular weight excluding hydrogens is 540 g/mol. The molecule has 3 heterocycles. The molecule has 1 N–H and O–H groups in total. The van der Waals surface area contributed by atoms with Crippen LogP contribution in [0.1, 0.15) is 27.7 Å². The van der Waals surface area contributed by atoms with Crippen LogP contribution in [0.5, 0.6) is 0 Å². The predicted molar refractivity (Wildman–Crippen MR) is 137 cm³/mol. The molecule has 186 valence electrons. The van der Waals surface area contributed by atoms with Crippen molar-refractivity contribution in [3.05, 3.63) is 110 Å². The number of halogens is 1. The number of ketones is 1. The first-order valence-electron chi connectivity index (χ1n) is 10.6. The first-order chi connectivity index (χ1) is 17.8. The van der Waals surface area contributed by atoms with E-state index in [4.69, 9.17) is 16.0 Å². The molecule has 1 unspecified atom stereocenters. The molecule has 1 aliphatic heterocycles. The number of carbonyl (C=O) groups excluding carboxylic acids is 2. The Morgan fingerprint density at radius 3 is 2.54 bits per heavy atom. The number of non-ortho nitro benzene ring substituents is 1. The fraction of sp³-hybridized carbons (Fsp3) is 0.0833. The average molecular weight is 555 g/mol. The summed E-state index contributed by atoms with van der Waals surface area (Å²) in [5.41, 5.74) is 0.990. The number of nitrogens with zero attached hydrogens (tertiary/aromatic N) is 4. The zero-order chi connectivity index (χ0) is 26.1. The van der Waals surface area contributed by atoms with Gasteiger partial charge in [0.15, 0.2) is 15.9 Å². The maximum absolute atomic E-state index is 13.2. The van der Waals surface area contributed by atoms with Gasteiger partial charge in [-0.2, -0.15) is 0 Å². The first-order valence-corrected chi connectivity index (χ1v) is 12.8. The number of anilines is 1. The van der Waals surface area contributed by atoms with Crippen molar-refractivity contribution in [2.24, 2.45) is 0 Å². The Morgan fingerprint density at radius 2 is 1.89 bits per heavy atom. The van der Waals surface area contributed by atoms with Crippen LogP contribution in [-0.2, 0) is 10.5 Å². The van der Waals surface area contributed by atoms with Crippen LogP contribution in [0.4, 0.5) is 10.8 Å². The minimum absolute atomic E-state index is 0.0698. The van der Waals surface area contributed by atoms with Gasteiger partial charge in [0.1, 0.15) is 0 Å². The molecule has 0 saturated heterocycles. The number of hydrogen-bond acceptors (Lipinski definition) is 10. The number of hydrogen-bond donors (Lipinski definition) is 1. The molecule has 4 aromatic rings. The average Bonchev–Trinajstić information content (AvgIpc) is 3.64. The lowest BCUT2D eigenvalue weighted by atomic mass is 9.95. The largest absolute Gasteiger partial charge is 0.503 e. The number of benzene rings is 2. The summed E-state index contributed by atoms with van der Waals surface area (Å²) in [4.78, 5) is 38.2. The molecule has 5 rings (SSSR count). The van der Waals surface area contributed by atoms with Crippen LogP contribution in [0, 0.1) is 10.1 Å². The number of carbonyl (C=O) groups is 2. The van der Waals surface area contributed by atoms with Gasteiger partial charge in [0.05, 0.1) is 22.8 Å². The van der Waals surface area contributed by atoms with Gasteiger partial charge in [0.25, 0.3) is 11.6 Å². The van der Waals surface area contributed by atoms with Gasteiger partial charge in [0, 0.05) is 22.9 Å². The Hall–Kier alpha value is -4.00. The van der Waals surface area contributed by atoms with Crippen molar-refractivity contribution in [1.29, 1.82) is 0 Å². The molecule has 0 fully saturated rings. The number of amides is 1. The van der Waals surface area contributed by atoms with Crippen LogP contribution in [0.25, 0.3) is 0 Å². The molecule has 2 aromatic heterocycles. The van der Waals surface area contributed by atoms with Crippen LogP contribution in [0.2, 0.25) is 5.02 Å². The van der Waals surface area contributed by atoms with Gasteiger partial charge in [-0.1, -0.05) is 46.8 Å². The smallest absolute Gasteiger partial charge is 0.296 e. The van der Waals surface area contributed by atoms with Crippen LogP contribution >= 0.6 is 34.7 Å². The highest BCUT2D eigenvalue weighted by atomic mass is 35.5. The van der Waals surface area contributed by atoms with Crippen LogP contribution < -0.4 is 4.90 Å². The highest BCUT2D eigenvalue weighted by Gasteiger charge is 2.46. The van der Waals surface area contributed by atoms with Gasteiger partial charge in [-0.15, -0.1) is 10.2 Å². The van der Waals surface area contributed by atoms with E-state index in [0.29, 0.717) is 20.7 Å². The van der Waals surface area contributed by atoms with Crippen LogP contribution in [0.15, 0.2) is 87.0 Å². The molecule has 2 aromatic carbocycles. The van der Waals surface area contributed by atoms with E-state index in [2.05, 4.69) is 10.2 Å². The molecule has 1 atom stereocenters. The number of nitro benzene ring substituents is 1. The number of aliphatic hydroxyl groups is 1. The van der Waals surface area contributed by atoms with Gasteiger partial charge < -0.3 is 9.52 Å². The van der Waals surface area contributed by atoms with Crippen molar-refractivity contribution in [3.63, 3.8) is 0 Å². The summed E-state index contributed by atoms with van der Waals surface area (Å²) < 4.78 is 5.76. The Balaban J connectivity index is 1.49. The fourth-order valence-electron chi connectivity index (χ4n) is 3.75. The quantitative estimate of drug-likeness (QED) is 0.0944. The van der Waals surface area contributed by atoms with Crippen molar-refractivity contribution in [3.8, 4) is 0 Å².